The first-order valence-corrected chi connectivity index (χ1v) is 7.86. The van der Waals surface area contributed by atoms with Crippen LogP contribution in [0.1, 0.15) is 84.0 Å². The van der Waals surface area contributed by atoms with Gasteiger partial charge in [-0.3, -0.25) is 0 Å². The van der Waals surface area contributed by atoms with Crippen LogP contribution in [0.25, 0.3) is 0 Å². The first-order chi connectivity index (χ1) is 7.86. The summed E-state index contributed by atoms with van der Waals surface area (Å²) in [6.45, 7) is 2.53. The van der Waals surface area contributed by atoms with E-state index in [4.69, 9.17) is 0 Å². The molecule has 0 bridgehead atoms. The standard InChI is InChI=1S/C16H30/c1-14(16-10-6-3-7-11-16)12-13-15-8-4-2-5-9-15/h14-16H,2-13H2,1H3. The summed E-state index contributed by atoms with van der Waals surface area (Å²) in [6.07, 6.45) is 18.3. The van der Waals surface area contributed by atoms with Gasteiger partial charge in [0, 0.05) is 0 Å². The lowest BCUT2D eigenvalue weighted by Crippen LogP contribution is -2.17. The summed E-state index contributed by atoms with van der Waals surface area (Å²) in [6, 6.07) is 0. The number of rotatable bonds is 4. The van der Waals surface area contributed by atoms with E-state index in [1.807, 2.05) is 0 Å². The summed E-state index contributed by atoms with van der Waals surface area (Å²) in [5.41, 5.74) is 0. The molecule has 0 amide bonds. The highest BCUT2D eigenvalue weighted by molar-refractivity contribution is 4.73. The molecule has 0 aromatic heterocycles. The van der Waals surface area contributed by atoms with E-state index >= 15 is 0 Å². The van der Waals surface area contributed by atoms with Gasteiger partial charge in [0.15, 0.2) is 0 Å². The van der Waals surface area contributed by atoms with Crippen LogP contribution in [0.5, 0.6) is 0 Å². The van der Waals surface area contributed by atoms with Crippen molar-refractivity contribution in [1.82, 2.24) is 0 Å². The molecule has 0 spiro atoms. The van der Waals surface area contributed by atoms with Gasteiger partial charge in [-0.05, 0) is 17.8 Å². The fourth-order valence-electron chi connectivity index (χ4n) is 3.91. The van der Waals surface area contributed by atoms with E-state index in [0.717, 1.165) is 17.8 Å². The van der Waals surface area contributed by atoms with E-state index in [0.29, 0.717) is 0 Å². The molecular formula is C16H30. The van der Waals surface area contributed by atoms with Crippen molar-refractivity contribution < 1.29 is 0 Å². The molecule has 0 heterocycles. The zero-order valence-corrected chi connectivity index (χ0v) is 11.2. The molecule has 0 aliphatic heterocycles. The molecule has 0 radical (unpaired) electrons. The molecule has 2 aliphatic carbocycles. The molecule has 94 valence electrons. The highest BCUT2D eigenvalue weighted by atomic mass is 14.3. The summed E-state index contributed by atoms with van der Waals surface area (Å²) in [5, 5.41) is 0. The van der Waals surface area contributed by atoms with E-state index in [-0.39, 0.29) is 0 Å². The van der Waals surface area contributed by atoms with Crippen LogP contribution < -0.4 is 0 Å². The van der Waals surface area contributed by atoms with Crippen molar-refractivity contribution in [3.05, 3.63) is 0 Å². The maximum Gasteiger partial charge on any atom is -0.0388 e. The molecule has 0 saturated heterocycles. The fraction of sp³-hybridized carbons (Fsp3) is 1.00. The van der Waals surface area contributed by atoms with Gasteiger partial charge in [0.05, 0.1) is 0 Å². The lowest BCUT2D eigenvalue weighted by Gasteiger charge is -2.29. The van der Waals surface area contributed by atoms with Crippen molar-refractivity contribution in [1.29, 1.82) is 0 Å². The van der Waals surface area contributed by atoms with E-state index in [1.54, 1.807) is 0 Å². The summed E-state index contributed by atoms with van der Waals surface area (Å²) in [5.74, 6) is 3.19. The Morgan fingerprint density at radius 2 is 1.38 bits per heavy atom. The van der Waals surface area contributed by atoms with Gasteiger partial charge >= 0.3 is 0 Å². The summed E-state index contributed by atoms with van der Waals surface area (Å²) < 4.78 is 0. The van der Waals surface area contributed by atoms with E-state index < -0.39 is 0 Å². The highest BCUT2D eigenvalue weighted by Crippen LogP contribution is 2.35. The predicted octanol–water partition coefficient (Wildman–Crippen LogP) is 5.56. The Balaban J connectivity index is 1.63. The lowest BCUT2D eigenvalue weighted by molar-refractivity contribution is 0.226. The van der Waals surface area contributed by atoms with Crippen molar-refractivity contribution in [3.8, 4) is 0 Å². The van der Waals surface area contributed by atoms with Gasteiger partial charge in [-0.2, -0.15) is 0 Å². The maximum absolute atomic E-state index is 2.53. The van der Waals surface area contributed by atoms with Crippen molar-refractivity contribution >= 4 is 0 Å². The molecule has 0 aromatic rings. The maximum atomic E-state index is 2.53. The van der Waals surface area contributed by atoms with Crippen LogP contribution >= 0.6 is 0 Å². The van der Waals surface area contributed by atoms with Crippen LogP contribution in [0, 0.1) is 17.8 Å². The summed E-state index contributed by atoms with van der Waals surface area (Å²) in [4.78, 5) is 0. The van der Waals surface area contributed by atoms with Crippen LogP contribution in [0.2, 0.25) is 0 Å². The first-order valence-electron chi connectivity index (χ1n) is 7.86. The Morgan fingerprint density at radius 3 is 2.00 bits per heavy atom. The average molecular weight is 222 g/mol. The molecule has 16 heavy (non-hydrogen) atoms. The topological polar surface area (TPSA) is 0 Å². The van der Waals surface area contributed by atoms with Gasteiger partial charge in [0.2, 0.25) is 0 Å². The van der Waals surface area contributed by atoms with Gasteiger partial charge in [0.25, 0.3) is 0 Å². The van der Waals surface area contributed by atoms with Crippen LogP contribution in [0.3, 0.4) is 0 Å². The SMILES string of the molecule is CC(CCC1CCCCC1)C1CCCCC1. The molecule has 2 rings (SSSR count). The largest absolute Gasteiger partial charge is 0.0622 e. The highest BCUT2D eigenvalue weighted by Gasteiger charge is 2.21. The summed E-state index contributed by atoms with van der Waals surface area (Å²) in [7, 11) is 0. The van der Waals surface area contributed by atoms with E-state index in [2.05, 4.69) is 6.92 Å². The molecule has 0 heteroatoms. The molecule has 2 fully saturated rings. The smallest absolute Gasteiger partial charge is 0.0388 e. The molecule has 0 N–H and O–H groups in total. The first kappa shape index (κ1) is 12.5. The second-order valence-electron chi connectivity index (χ2n) is 6.46. The monoisotopic (exact) mass is 222 g/mol. The van der Waals surface area contributed by atoms with Crippen LogP contribution in [0.15, 0.2) is 0 Å². The second-order valence-corrected chi connectivity index (χ2v) is 6.46. The number of hydrogen-bond acceptors (Lipinski definition) is 0. The van der Waals surface area contributed by atoms with Gasteiger partial charge in [-0.1, -0.05) is 84.0 Å². The molecule has 0 nitrogen and oxygen atoms in total. The molecule has 0 aromatic carbocycles. The van der Waals surface area contributed by atoms with Crippen LogP contribution in [-0.2, 0) is 0 Å². The molecule has 1 atom stereocenters. The minimum absolute atomic E-state index is 1.02. The zero-order valence-electron chi connectivity index (χ0n) is 11.2. The third kappa shape index (κ3) is 3.79. The minimum atomic E-state index is 1.02. The molecule has 2 saturated carbocycles. The van der Waals surface area contributed by atoms with E-state index in [1.165, 1.54) is 77.0 Å². The lowest BCUT2D eigenvalue weighted by atomic mass is 9.76. The molecule has 2 aliphatic rings. The van der Waals surface area contributed by atoms with Gasteiger partial charge in [-0.15, -0.1) is 0 Å². The van der Waals surface area contributed by atoms with Crippen molar-refractivity contribution in [3.63, 3.8) is 0 Å². The molecule has 1 unspecified atom stereocenters. The Labute approximate surface area is 102 Å². The normalized spacial score (nSPS) is 26.8. The molecular weight excluding hydrogens is 192 g/mol. The third-order valence-electron chi connectivity index (χ3n) is 5.21. The van der Waals surface area contributed by atoms with Crippen molar-refractivity contribution in [2.24, 2.45) is 17.8 Å². The summed E-state index contributed by atoms with van der Waals surface area (Å²) >= 11 is 0. The van der Waals surface area contributed by atoms with Gasteiger partial charge in [-0.25, -0.2) is 0 Å². The van der Waals surface area contributed by atoms with Crippen molar-refractivity contribution in [2.45, 2.75) is 84.0 Å². The quantitative estimate of drug-likeness (QED) is 0.584. The Morgan fingerprint density at radius 1 is 0.812 bits per heavy atom. The fourth-order valence-corrected chi connectivity index (χ4v) is 3.91. The Hall–Kier alpha value is 0. The van der Waals surface area contributed by atoms with Crippen LogP contribution in [-0.4, -0.2) is 0 Å². The second kappa shape index (κ2) is 6.67. The third-order valence-corrected chi connectivity index (χ3v) is 5.21. The van der Waals surface area contributed by atoms with Crippen LogP contribution in [0.4, 0.5) is 0 Å². The van der Waals surface area contributed by atoms with Crippen molar-refractivity contribution in [2.75, 3.05) is 0 Å². The predicted molar refractivity (Wildman–Crippen MR) is 71.5 cm³/mol. The van der Waals surface area contributed by atoms with Gasteiger partial charge in [0.1, 0.15) is 0 Å². The minimum Gasteiger partial charge on any atom is -0.0622 e. The Kier molecular flexibility index (Phi) is 5.19. The van der Waals surface area contributed by atoms with Gasteiger partial charge < -0.3 is 0 Å². The van der Waals surface area contributed by atoms with E-state index in [9.17, 15) is 0 Å². The zero-order chi connectivity index (χ0) is 11.2. The Bertz CT molecular complexity index is 172. The number of hydrogen-bond donors (Lipinski definition) is 0. The average Bonchev–Trinajstić information content (AvgIpc) is 2.38.